The number of rotatable bonds is 2. The van der Waals surface area contributed by atoms with Gasteiger partial charge in [0.1, 0.15) is 6.33 Å². The van der Waals surface area contributed by atoms with E-state index in [9.17, 15) is 0 Å². The summed E-state index contributed by atoms with van der Waals surface area (Å²) < 4.78 is 5.69. The molecule has 1 aromatic heterocycles. The van der Waals surface area contributed by atoms with Crippen LogP contribution in [0.25, 0.3) is 0 Å². The van der Waals surface area contributed by atoms with Crippen molar-refractivity contribution in [3.05, 3.63) is 29.4 Å². The number of aromatic nitrogens is 2. The van der Waals surface area contributed by atoms with E-state index in [-0.39, 0.29) is 0 Å². The first-order chi connectivity index (χ1) is 7.70. The van der Waals surface area contributed by atoms with Crippen molar-refractivity contribution in [2.45, 2.75) is 39.8 Å². The van der Waals surface area contributed by atoms with Gasteiger partial charge in [0, 0.05) is 18.2 Å². The van der Waals surface area contributed by atoms with E-state index < -0.39 is 0 Å². The average Bonchev–Trinajstić information content (AvgIpc) is 2.29. The number of nitrogens with zero attached hydrogens (tertiary/aromatic N) is 2. The molecule has 4 heteroatoms. The third-order valence-corrected chi connectivity index (χ3v) is 2.79. The molecule has 0 aliphatic carbocycles. The molecule has 0 aromatic carbocycles. The second-order valence-corrected chi connectivity index (χ2v) is 4.09. The van der Waals surface area contributed by atoms with Crippen LogP contribution in [0.2, 0.25) is 0 Å². The zero-order chi connectivity index (χ0) is 11.5. The molecule has 0 saturated carbocycles. The minimum Gasteiger partial charge on any atom is -0.444 e. The van der Waals surface area contributed by atoms with E-state index >= 15 is 0 Å². The Bertz CT molecular complexity index is 415. The second-order valence-electron chi connectivity index (χ2n) is 4.09. The van der Waals surface area contributed by atoms with E-state index in [0.717, 1.165) is 30.0 Å². The zero-order valence-electron chi connectivity index (χ0n) is 9.95. The van der Waals surface area contributed by atoms with Crippen molar-refractivity contribution in [3.8, 4) is 5.88 Å². The largest absolute Gasteiger partial charge is 0.444 e. The molecule has 4 nitrogen and oxygen atoms in total. The summed E-state index contributed by atoms with van der Waals surface area (Å²) in [6, 6.07) is 0.451. The van der Waals surface area contributed by atoms with Crippen LogP contribution in [0.15, 0.2) is 18.2 Å². The molecule has 0 amide bonds. The fraction of sp³-hybridized carbons (Fsp3) is 0.500. The first-order valence-electron chi connectivity index (χ1n) is 5.57. The molecule has 0 spiro atoms. The van der Waals surface area contributed by atoms with E-state index in [0.29, 0.717) is 11.9 Å². The van der Waals surface area contributed by atoms with E-state index in [2.05, 4.69) is 22.2 Å². The molecule has 1 aromatic rings. The standard InChI is InChI=1S/C12H17N3O/c1-4-9(3)16-12-10-5-8(2)13-6-11(10)14-7-15-12/h4,7-8,13H,5-6H2,1-3H3/b9-4+/t8-/m1/s1. The zero-order valence-corrected chi connectivity index (χ0v) is 9.95. The van der Waals surface area contributed by atoms with Gasteiger partial charge < -0.3 is 10.1 Å². The highest BCUT2D eigenvalue weighted by atomic mass is 16.5. The summed E-state index contributed by atoms with van der Waals surface area (Å²) in [7, 11) is 0. The van der Waals surface area contributed by atoms with Crippen LogP contribution >= 0.6 is 0 Å². The lowest BCUT2D eigenvalue weighted by molar-refractivity contribution is 0.390. The normalized spacial score (nSPS) is 20.4. The minimum absolute atomic E-state index is 0.451. The summed E-state index contributed by atoms with van der Waals surface area (Å²) in [5, 5.41) is 3.37. The summed E-state index contributed by atoms with van der Waals surface area (Å²) in [6.07, 6.45) is 4.41. The Hall–Kier alpha value is -1.42. The van der Waals surface area contributed by atoms with Crippen LogP contribution in [0.4, 0.5) is 0 Å². The number of hydrogen-bond donors (Lipinski definition) is 1. The van der Waals surface area contributed by atoms with Crippen LogP contribution in [-0.4, -0.2) is 16.0 Å². The molecule has 1 N–H and O–H groups in total. The Morgan fingerprint density at radius 3 is 3.12 bits per heavy atom. The summed E-state index contributed by atoms with van der Waals surface area (Å²) in [4.78, 5) is 8.49. The van der Waals surface area contributed by atoms with Gasteiger partial charge in [0.15, 0.2) is 0 Å². The van der Waals surface area contributed by atoms with E-state index in [1.165, 1.54) is 0 Å². The topological polar surface area (TPSA) is 47.0 Å². The maximum Gasteiger partial charge on any atom is 0.225 e. The minimum atomic E-state index is 0.451. The van der Waals surface area contributed by atoms with Crippen molar-refractivity contribution in [1.82, 2.24) is 15.3 Å². The molecule has 2 heterocycles. The number of allylic oxidation sites excluding steroid dienone is 2. The fourth-order valence-electron chi connectivity index (χ4n) is 1.74. The quantitative estimate of drug-likeness (QED) is 0.771. The Kier molecular flexibility index (Phi) is 3.19. The SMILES string of the molecule is C/C=C(\C)Oc1ncnc2c1C[C@@H](C)NC2. The number of ether oxygens (including phenoxy) is 1. The van der Waals surface area contributed by atoms with Gasteiger partial charge in [-0.25, -0.2) is 9.97 Å². The summed E-state index contributed by atoms with van der Waals surface area (Å²) >= 11 is 0. The Balaban J connectivity index is 2.32. The Morgan fingerprint density at radius 2 is 2.38 bits per heavy atom. The van der Waals surface area contributed by atoms with Crippen LogP contribution < -0.4 is 10.1 Å². The number of hydrogen-bond acceptors (Lipinski definition) is 4. The first kappa shape index (κ1) is 11.1. The second kappa shape index (κ2) is 4.61. The maximum absolute atomic E-state index is 5.69. The fourth-order valence-corrected chi connectivity index (χ4v) is 1.74. The lowest BCUT2D eigenvalue weighted by Gasteiger charge is -2.23. The van der Waals surface area contributed by atoms with Gasteiger partial charge in [0.2, 0.25) is 5.88 Å². The predicted molar refractivity (Wildman–Crippen MR) is 62.1 cm³/mol. The van der Waals surface area contributed by atoms with Crippen LogP contribution in [-0.2, 0) is 13.0 Å². The van der Waals surface area contributed by atoms with Crippen molar-refractivity contribution in [3.63, 3.8) is 0 Å². The van der Waals surface area contributed by atoms with Crippen LogP contribution in [0.5, 0.6) is 5.88 Å². The molecule has 2 rings (SSSR count). The van der Waals surface area contributed by atoms with Gasteiger partial charge >= 0.3 is 0 Å². The van der Waals surface area contributed by atoms with Crippen molar-refractivity contribution >= 4 is 0 Å². The van der Waals surface area contributed by atoms with E-state index in [4.69, 9.17) is 4.74 Å². The lowest BCUT2D eigenvalue weighted by atomic mass is 10.0. The average molecular weight is 219 g/mol. The summed E-state index contributed by atoms with van der Waals surface area (Å²) in [5.41, 5.74) is 2.18. The monoisotopic (exact) mass is 219 g/mol. The van der Waals surface area contributed by atoms with E-state index in [1.807, 2.05) is 19.9 Å². The van der Waals surface area contributed by atoms with Crippen molar-refractivity contribution in [2.75, 3.05) is 0 Å². The third-order valence-electron chi connectivity index (χ3n) is 2.79. The molecule has 1 aliphatic rings. The predicted octanol–water partition coefficient (Wildman–Crippen LogP) is 1.81. The van der Waals surface area contributed by atoms with Gasteiger partial charge in [-0.2, -0.15) is 0 Å². The maximum atomic E-state index is 5.69. The van der Waals surface area contributed by atoms with E-state index in [1.54, 1.807) is 6.33 Å². The van der Waals surface area contributed by atoms with Crippen LogP contribution in [0.3, 0.4) is 0 Å². The Labute approximate surface area is 95.8 Å². The van der Waals surface area contributed by atoms with Gasteiger partial charge in [-0.15, -0.1) is 0 Å². The van der Waals surface area contributed by atoms with Gasteiger partial charge in [-0.3, -0.25) is 0 Å². The highest BCUT2D eigenvalue weighted by molar-refractivity contribution is 5.33. The van der Waals surface area contributed by atoms with Crippen LogP contribution in [0, 0.1) is 0 Å². The molecule has 86 valence electrons. The molecule has 0 saturated heterocycles. The lowest BCUT2D eigenvalue weighted by Crippen LogP contribution is -2.33. The van der Waals surface area contributed by atoms with Crippen molar-refractivity contribution in [1.29, 1.82) is 0 Å². The molecule has 1 aliphatic heterocycles. The molecule has 16 heavy (non-hydrogen) atoms. The number of fused-ring (bicyclic) bond motifs is 1. The third kappa shape index (κ3) is 2.22. The number of nitrogens with one attached hydrogen (secondary N) is 1. The summed E-state index contributed by atoms with van der Waals surface area (Å²) in [5.74, 6) is 1.57. The van der Waals surface area contributed by atoms with Crippen molar-refractivity contribution in [2.24, 2.45) is 0 Å². The van der Waals surface area contributed by atoms with Crippen LogP contribution in [0.1, 0.15) is 32.0 Å². The molecule has 0 bridgehead atoms. The molecule has 0 fully saturated rings. The highest BCUT2D eigenvalue weighted by Crippen LogP contribution is 2.24. The van der Waals surface area contributed by atoms with Gasteiger partial charge in [0.05, 0.1) is 11.5 Å². The van der Waals surface area contributed by atoms with Gasteiger partial charge in [-0.1, -0.05) is 0 Å². The molecule has 0 radical (unpaired) electrons. The molecule has 0 unspecified atom stereocenters. The Morgan fingerprint density at radius 1 is 1.56 bits per heavy atom. The van der Waals surface area contributed by atoms with Gasteiger partial charge in [0.25, 0.3) is 0 Å². The summed E-state index contributed by atoms with van der Waals surface area (Å²) in [6.45, 7) is 6.83. The first-order valence-corrected chi connectivity index (χ1v) is 5.57. The van der Waals surface area contributed by atoms with Gasteiger partial charge in [-0.05, 0) is 33.3 Å². The van der Waals surface area contributed by atoms with Crippen molar-refractivity contribution < 1.29 is 4.74 Å². The molecular formula is C12H17N3O. The highest BCUT2D eigenvalue weighted by Gasteiger charge is 2.20. The smallest absolute Gasteiger partial charge is 0.225 e. The molecular weight excluding hydrogens is 202 g/mol. The molecule has 1 atom stereocenters.